The van der Waals surface area contributed by atoms with E-state index in [9.17, 15) is 4.79 Å². The van der Waals surface area contributed by atoms with Crippen LogP contribution in [-0.4, -0.2) is 6.29 Å². The van der Waals surface area contributed by atoms with Crippen molar-refractivity contribution in [1.82, 2.24) is 0 Å². The average molecular weight is 224 g/mol. The molecule has 1 unspecified atom stereocenters. The molecule has 86 valence electrons. The number of hydrogen-bond acceptors (Lipinski definition) is 1. The number of aldehydes is 1. The number of rotatable bonds is 4. The van der Waals surface area contributed by atoms with E-state index in [2.05, 4.69) is 30.8 Å². The van der Waals surface area contributed by atoms with Crippen LogP contribution in [0.2, 0.25) is 0 Å². The Morgan fingerprint density at radius 3 is 2.59 bits per heavy atom. The van der Waals surface area contributed by atoms with Gasteiger partial charge in [0, 0.05) is 5.92 Å². The van der Waals surface area contributed by atoms with Gasteiger partial charge in [0.1, 0.15) is 6.29 Å². The molecular formula is C16H16O. The topological polar surface area (TPSA) is 17.1 Å². The molecule has 0 aliphatic carbocycles. The minimum absolute atomic E-state index is 0.0730. The molecule has 1 atom stereocenters. The van der Waals surface area contributed by atoms with Crippen molar-refractivity contribution in [2.45, 2.75) is 13.3 Å². The summed E-state index contributed by atoms with van der Waals surface area (Å²) in [5, 5.41) is 2.40. The van der Waals surface area contributed by atoms with Gasteiger partial charge in [-0.05, 0) is 34.4 Å². The Morgan fingerprint density at radius 1 is 1.24 bits per heavy atom. The molecule has 2 aromatic carbocycles. The first-order valence-electron chi connectivity index (χ1n) is 5.89. The number of fused-ring (bicyclic) bond motifs is 1. The lowest BCUT2D eigenvalue weighted by atomic mass is 9.92. The molecule has 2 aromatic rings. The van der Waals surface area contributed by atoms with E-state index in [4.69, 9.17) is 0 Å². The van der Waals surface area contributed by atoms with E-state index in [0.717, 1.165) is 23.8 Å². The van der Waals surface area contributed by atoms with Crippen molar-refractivity contribution in [3.63, 3.8) is 0 Å². The predicted molar refractivity (Wildman–Crippen MR) is 72.8 cm³/mol. The fourth-order valence-corrected chi connectivity index (χ4v) is 2.03. The summed E-state index contributed by atoms with van der Waals surface area (Å²) in [6.45, 7) is 6.05. The number of hydrogen-bond donors (Lipinski definition) is 0. The highest BCUT2D eigenvalue weighted by atomic mass is 16.1. The van der Waals surface area contributed by atoms with Gasteiger partial charge in [0.05, 0.1) is 0 Å². The molecule has 0 N–H and O–H groups in total. The largest absolute Gasteiger partial charge is 0.303 e. The smallest absolute Gasteiger partial charge is 0.127 e. The zero-order chi connectivity index (χ0) is 12.3. The molecule has 0 aliphatic rings. The van der Waals surface area contributed by atoms with Crippen LogP contribution < -0.4 is 0 Å². The Balaban J connectivity index is 2.42. The van der Waals surface area contributed by atoms with Crippen LogP contribution >= 0.6 is 0 Å². The van der Waals surface area contributed by atoms with Crippen LogP contribution in [0.15, 0.2) is 49.0 Å². The first-order valence-corrected chi connectivity index (χ1v) is 5.89. The minimum Gasteiger partial charge on any atom is -0.303 e. The number of carbonyl (C=O) groups is 1. The lowest BCUT2D eigenvalue weighted by Gasteiger charge is -2.12. The third-order valence-electron chi connectivity index (χ3n) is 3.17. The Morgan fingerprint density at radius 2 is 1.94 bits per heavy atom. The Kier molecular flexibility index (Phi) is 3.38. The second kappa shape index (κ2) is 4.96. The van der Waals surface area contributed by atoms with Crippen molar-refractivity contribution in [1.29, 1.82) is 0 Å². The predicted octanol–water partition coefficient (Wildman–Crippen LogP) is 4.08. The van der Waals surface area contributed by atoms with E-state index in [1.54, 1.807) is 0 Å². The fourth-order valence-electron chi connectivity index (χ4n) is 2.03. The summed E-state index contributed by atoms with van der Waals surface area (Å²) in [7, 11) is 0. The lowest BCUT2D eigenvalue weighted by Crippen LogP contribution is -2.02. The first kappa shape index (κ1) is 11.6. The molecule has 0 spiro atoms. The highest BCUT2D eigenvalue weighted by Crippen LogP contribution is 2.25. The summed E-state index contributed by atoms with van der Waals surface area (Å²) >= 11 is 0. The van der Waals surface area contributed by atoms with Gasteiger partial charge < -0.3 is 4.79 Å². The molecule has 1 nitrogen and oxygen atoms in total. The van der Waals surface area contributed by atoms with E-state index < -0.39 is 0 Å². The zero-order valence-corrected chi connectivity index (χ0v) is 10.0. The Labute approximate surface area is 102 Å². The SMILES string of the molecule is C=C(c1ccc2ccccc2c1)C(C=O)CC. The quantitative estimate of drug-likeness (QED) is 0.715. The second-order valence-corrected chi connectivity index (χ2v) is 4.24. The maximum absolute atomic E-state index is 11.0. The molecule has 0 fully saturated rings. The molecule has 0 bridgehead atoms. The molecule has 0 aliphatic heterocycles. The van der Waals surface area contributed by atoms with E-state index in [1.165, 1.54) is 10.8 Å². The van der Waals surface area contributed by atoms with E-state index >= 15 is 0 Å². The highest BCUT2D eigenvalue weighted by Gasteiger charge is 2.11. The van der Waals surface area contributed by atoms with Gasteiger partial charge in [0.2, 0.25) is 0 Å². The maximum Gasteiger partial charge on any atom is 0.127 e. The van der Waals surface area contributed by atoms with Crippen molar-refractivity contribution < 1.29 is 4.79 Å². The zero-order valence-electron chi connectivity index (χ0n) is 10.0. The summed E-state index contributed by atoms with van der Waals surface area (Å²) in [5.74, 6) is -0.0730. The lowest BCUT2D eigenvalue weighted by molar-refractivity contribution is -0.109. The van der Waals surface area contributed by atoms with Crippen LogP contribution in [0, 0.1) is 5.92 Å². The van der Waals surface area contributed by atoms with Gasteiger partial charge in [-0.2, -0.15) is 0 Å². The summed E-state index contributed by atoms with van der Waals surface area (Å²) < 4.78 is 0. The molecule has 0 saturated carbocycles. The third-order valence-corrected chi connectivity index (χ3v) is 3.17. The van der Waals surface area contributed by atoms with Gasteiger partial charge in [-0.25, -0.2) is 0 Å². The number of allylic oxidation sites excluding steroid dienone is 1. The Bertz CT molecular complexity index is 554. The first-order chi connectivity index (χ1) is 8.26. The molecular weight excluding hydrogens is 208 g/mol. The third kappa shape index (κ3) is 2.28. The summed E-state index contributed by atoms with van der Waals surface area (Å²) in [5.41, 5.74) is 1.97. The molecule has 17 heavy (non-hydrogen) atoms. The molecule has 0 heterocycles. The summed E-state index contributed by atoms with van der Waals surface area (Å²) in [4.78, 5) is 11.0. The summed E-state index contributed by atoms with van der Waals surface area (Å²) in [6.07, 6.45) is 1.78. The van der Waals surface area contributed by atoms with Crippen molar-refractivity contribution in [2.24, 2.45) is 5.92 Å². The number of carbonyl (C=O) groups excluding carboxylic acids is 1. The van der Waals surface area contributed by atoms with Gasteiger partial charge in [-0.15, -0.1) is 0 Å². The van der Waals surface area contributed by atoms with Gasteiger partial charge in [-0.3, -0.25) is 0 Å². The van der Waals surface area contributed by atoms with Gasteiger partial charge in [0.15, 0.2) is 0 Å². The standard InChI is InChI=1S/C16H16O/c1-3-13(11-17)12(2)15-9-8-14-6-4-5-7-16(14)10-15/h4-11,13H,2-3H2,1H3. The van der Waals surface area contributed by atoms with E-state index in [1.807, 2.05) is 25.1 Å². The average Bonchev–Trinajstić information content (AvgIpc) is 2.39. The van der Waals surface area contributed by atoms with Crippen LogP contribution in [0.3, 0.4) is 0 Å². The monoisotopic (exact) mass is 224 g/mol. The van der Waals surface area contributed by atoms with Crippen LogP contribution in [-0.2, 0) is 4.79 Å². The molecule has 1 heteroatoms. The van der Waals surface area contributed by atoms with Crippen molar-refractivity contribution in [3.05, 3.63) is 54.6 Å². The van der Waals surface area contributed by atoms with Gasteiger partial charge in [-0.1, -0.05) is 49.9 Å². The number of benzene rings is 2. The van der Waals surface area contributed by atoms with Gasteiger partial charge in [0.25, 0.3) is 0 Å². The summed E-state index contributed by atoms with van der Waals surface area (Å²) in [6, 6.07) is 14.4. The van der Waals surface area contributed by atoms with Gasteiger partial charge >= 0.3 is 0 Å². The molecule has 0 aromatic heterocycles. The fraction of sp³-hybridized carbons (Fsp3) is 0.188. The normalized spacial score (nSPS) is 12.3. The second-order valence-electron chi connectivity index (χ2n) is 4.24. The maximum atomic E-state index is 11.0. The van der Waals surface area contributed by atoms with Crippen LogP contribution in [0.1, 0.15) is 18.9 Å². The van der Waals surface area contributed by atoms with E-state index in [0.29, 0.717) is 0 Å². The van der Waals surface area contributed by atoms with E-state index in [-0.39, 0.29) is 5.92 Å². The van der Waals surface area contributed by atoms with Crippen LogP contribution in [0.4, 0.5) is 0 Å². The van der Waals surface area contributed by atoms with Crippen molar-refractivity contribution >= 4 is 22.6 Å². The molecule has 2 rings (SSSR count). The Hall–Kier alpha value is -1.89. The minimum atomic E-state index is -0.0730. The van der Waals surface area contributed by atoms with Crippen molar-refractivity contribution in [2.75, 3.05) is 0 Å². The molecule has 0 saturated heterocycles. The highest BCUT2D eigenvalue weighted by molar-refractivity contribution is 5.88. The van der Waals surface area contributed by atoms with Crippen LogP contribution in [0.5, 0.6) is 0 Å². The van der Waals surface area contributed by atoms with Crippen LogP contribution in [0.25, 0.3) is 16.3 Å². The molecule has 0 amide bonds. The van der Waals surface area contributed by atoms with Crippen molar-refractivity contribution in [3.8, 4) is 0 Å². The molecule has 0 radical (unpaired) electrons.